The molecule has 0 fully saturated rings. The van der Waals surface area contributed by atoms with Crippen LogP contribution in [0, 0.1) is 0 Å². The number of benzene rings is 2. The SMILES string of the molecule is COc1ccc(CN(C)S(=O)(=O)c2ccc(Nc3ccc(C(C)C)cn3)c(-c3cn(C)cn3)c2)cc1. The molecule has 36 heavy (non-hydrogen) atoms. The van der Waals surface area contributed by atoms with Crippen LogP contribution in [0.15, 0.2) is 78.2 Å². The molecule has 0 aliphatic heterocycles. The molecule has 2 heterocycles. The number of ether oxygens (including phenoxy) is 1. The van der Waals surface area contributed by atoms with Gasteiger partial charge in [0.05, 0.1) is 24.0 Å². The number of aryl methyl sites for hydroxylation is 1. The molecule has 4 aromatic rings. The number of aromatic nitrogens is 3. The summed E-state index contributed by atoms with van der Waals surface area (Å²) >= 11 is 0. The third kappa shape index (κ3) is 5.58. The Bertz CT molecular complexity index is 1430. The molecule has 4 rings (SSSR count). The van der Waals surface area contributed by atoms with Crippen molar-refractivity contribution in [2.75, 3.05) is 19.5 Å². The second-order valence-corrected chi connectivity index (χ2v) is 11.0. The van der Waals surface area contributed by atoms with Gasteiger partial charge >= 0.3 is 0 Å². The molecule has 0 saturated carbocycles. The fourth-order valence-corrected chi connectivity index (χ4v) is 4.95. The minimum Gasteiger partial charge on any atom is -0.497 e. The molecule has 0 radical (unpaired) electrons. The van der Waals surface area contributed by atoms with Gasteiger partial charge in [-0.25, -0.2) is 18.4 Å². The van der Waals surface area contributed by atoms with Crippen LogP contribution in [-0.2, 0) is 23.6 Å². The van der Waals surface area contributed by atoms with E-state index in [1.165, 1.54) is 4.31 Å². The molecule has 9 heteroatoms. The number of nitrogens with one attached hydrogen (secondary N) is 1. The first-order chi connectivity index (χ1) is 17.2. The molecule has 2 aromatic carbocycles. The van der Waals surface area contributed by atoms with Gasteiger partial charge in [-0.3, -0.25) is 0 Å². The van der Waals surface area contributed by atoms with Crippen LogP contribution in [-0.4, -0.2) is 41.4 Å². The lowest BCUT2D eigenvalue weighted by atomic mass is 10.1. The van der Waals surface area contributed by atoms with Crippen LogP contribution in [0.2, 0.25) is 0 Å². The van der Waals surface area contributed by atoms with Gasteiger partial charge in [-0.2, -0.15) is 4.31 Å². The topological polar surface area (TPSA) is 89.4 Å². The Morgan fingerprint density at radius 2 is 1.81 bits per heavy atom. The Morgan fingerprint density at radius 1 is 1.06 bits per heavy atom. The summed E-state index contributed by atoms with van der Waals surface area (Å²) < 4.78 is 35.3. The van der Waals surface area contributed by atoms with Gasteiger partial charge < -0.3 is 14.6 Å². The van der Waals surface area contributed by atoms with Crippen LogP contribution in [0.3, 0.4) is 0 Å². The van der Waals surface area contributed by atoms with Gasteiger partial charge in [0.1, 0.15) is 11.6 Å². The van der Waals surface area contributed by atoms with E-state index in [0.717, 1.165) is 22.6 Å². The average Bonchev–Trinajstić information content (AvgIpc) is 3.31. The first-order valence-corrected chi connectivity index (χ1v) is 13.1. The number of anilines is 2. The minimum absolute atomic E-state index is 0.188. The van der Waals surface area contributed by atoms with Crippen LogP contribution in [0.1, 0.15) is 30.9 Å². The maximum absolute atomic E-state index is 13.5. The van der Waals surface area contributed by atoms with Crippen LogP contribution < -0.4 is 10.1 Å². The van der Waals surface area contributed by atoms with E-state index >= 15 is 0 Å². The number of hydrogen-bond acceptors (Lipinski definition) is 6. The zero-order valence-electron chi connectivity index (χ0n) is 21.1. The zero-order chi connectivity index (χ0) is 25.9. The fourth-order valence-electron chi connectivity index (χ4n) is 3.77. The molecule has 0 aliphatic carbocycles. The highest BCUT2D eigenvalue weighted by molar-refractivity contribution is 7.89. The van der Waals surface area contributed by atoms with Crippen molar-refractivity contribution in [3.05, 3.63) is 84.4 Å². The Balaban J connectivity index is 1.65. The summed E-state index contributed by atoms with van der Waals surface area (Å²) in [5.74, 6) is 1.78. The molecule has 0 bridgehead atoms. The zero-order valence-corrected chi connectivity index (χ0v) is 22.0. The van der Waals surface area contributed by atoms with E-state index in [2.05, 4.69) is 29.1 Å². The van der Waals surface area contributed by atoms with Crippen molar-refractivity contribution in [3.8, 4) is 17.0 Å². The number of nitrogens with zero attached hydrogens (tertiary/aromatic N) is 4. The Labute approximate surface area is 212 Å². The summed E-state index contributed by atoms with van der Waals surface area (Å²) in [7, 11) is 1.29. The standard InChI is InChI=1S/C27H31N5O3S/c1-19(2)21-8-13-27(28-15-21)30-25-12-11-23(14-24(25)26-17-31(3)18-29-26)36(33,34)32(4)16-20-6-9-22(35-5)10-7-20/h6-15,17-19H,16H2,1-5H3,(H,28,30). The average molecular weight is 506 g/mol. The van der Waals surface area contributed by atoms with Crippen molar-refractivity contribution in [2.45, 2.75) is 31.2 Å². The summed E-state index contributed by atoms with van der Waals surface area (Å²) in [6, 6.07) is 16.3. The summed E-state index contributed by atoms with van der Waals surface area (Å²) in [6.45, 7) is 4.47. The number of hydrogen-bond donors (Lipinski definition) is 1. The summed E-state index contributed by atoms with van der Waals surface area (Å²) in [4.78, 5) is 9.17. The van der Waals surface area contributed by atoms with Crippen molar-refractivity contribution >= 4 is 21.5 Å². The van der Waals surface area contributed by atoms with Gasteiger partial charge in [0.2, 0.25) is 10.0 Å². The molecular weight excluding hydrogens is 474 g/mol. The largest absolute Gasteiger partial charge is 0.497 e. The van der Waals surface area contributed by atoms with Gasteiger partial charge in [-0.1, -0.05) is 32.0 Å². The number of rotatable bonds is 9. The summed E-state index contributed by atoms with van der Waals surface area (Å²) in [6.07, 6.45) is 5.39. The van der Waals surface area contributed by atoms with Gasteiger partial charge in [0, 0.05) is 44.3 Å². The quantitative estimate of drug-likeness (QED) is 0.337. The number of methoxy groups -OCH3 is 1. The van der Waals surface area contributed by atoms with Crippen molar-refractivity contribution < 1.29 is 13.2 Å². The normalized spacial score (nSPS) is 11.8. The molecule has 8 nitrogen and oxygen atoms in total. The highest BCUT2D eigenvalue weighted by Crippen LogP contribution is 2.32. The molecule has 0 spiro atoms. The Hall–Kier alpha value is -3.69. The predicted octanol–water partition coefficient (Wildman–Crippen LogP) is 5.18. The summed E-state index contributed by atoms with van der Waals surface area (Å²) in [5.41, 5.74) is 4.06. The van der Waals surface area contributed by atoms with Gasteiger partial charge in [0.15, 0.2) is 0 Å². The second kappa shape index (κ2) is 10.5. The van der Waals surface area contributed by atoms with E-state index in [1.807, 2.05) is 60.4 Å². The molecule has 0 atom stereocenters. The third-order valence-corrected chi connectivity index (χ3v) is 7.76. The predicted molar refractivity (Wildman–Crippen MR) is 142 cm³/mol. The van der Waals surface area contributed by atoms with Gasteiger partial charge in [-0.05, 0) is 53.4 Å². The van der Waals surface area contributed by atoms with Crippen LogP contribution >= 0.6 is 0 Å². The lowest BCUT2D eigenvalue weighted by Crippen LogP contribution is -2.26. The Kier molecular flexibility index (Phi) is 7.42. The second-order valence-electron chi connectivity index (χ2n) is 9.00. The number of sulfonamides is 1. The fraction of sp³-hybridized carbons (Fsp3) is 0.259. The Morgan fingerprint density at radius 3 is 2.39 bits per heavy atom. The van der Waals surface area contributed by atoms with Crippen molar-refractivity contribution in [3.63, 3.8) is 0 Å². The molecule has 2 aromatic heterocycles. The lowest BCUT2D eigenvalue weighted by molar-refractivity contribution is 0.414. The van der Waals surface area contributed by atoms with E-state index < -0.39 is 10.0 Å². The molecule has 0 amide bonds. The van der Waals surface area contributed by atoms with Gasteiger partial charge in [0.25, 0.3) is 0 Å². The monoisotopic (exact) mass is 505 g/mol. The highest BCUT2D eigenvalue weighted by atomic mass is 32.2. The van der Waals surface area contributed by atoms with Crippen molar-refractivity contribution in [2.24, 2.45) is 7.05 Å². The van der Waals surface area contributed by atoms with Crippen LogP contribution in [0.4, 0.5) is 11.5 Å². The van der Waals surface area contributed by atoms with Gasteiger partial charge in [-0.15, -0.1) is 0 Å². The van der Waals surface area contributed by atoms with E-state index in [9.17, 15) is 8.42 Å². The number of imidazole rings is 1. The highest BCUT2D eigenvalue weighted by Gasteiger charge is 2.23. The van der Waals surface area contributed by atoms with Crippen LogP contribution in [0.25, 0.3) is 11.3 Å². The summed E-state index contributed by atoms with van der Waals surface area (Å²) in [5, 5.41) is 3.32. The molecule has 0 saturated heterocycles. The van der Waals surface area contributed by atoms with E-state index in [4.69, 9.17) is 4.74 Å². The van der Waals surface area contributed by atoms with E-state index in [0.29, 0.717) is 23.0 Å². The molecule has 0 aliphatic rings. The number of pyridine rings is 1. The minimum atomic E-state index is -3.76. The lowest BCUT2D eigenvalue weighted by Gasteiger charge is -2.19. The first-order valence-electron chi connectivity index (χ1n) is 11.6. The smallest absolute Gasteiger partial charge is 0.243 e. The van der Waals surface area contributed by atoms with Crippen LogP contribution in [0.5, 0.6) is 5.75 Å². The molecule has 0 unspecified atom stereocenters. The van der Waals surface area contributed by atoms with E-state index in [-0.39, 0.29) is 11.4 Å². The maximum atomic E-state index is 13.5. The molecular formula is C27H31N5O3S. The van der Waals surface area contributed by atoms with Crippen molar-refractivity contribution in [1.29, 1.82) is 0 Å². The third-order valence-electron chi connectivity index (χ3n) is 5.96. The molecule has 188 valence electrons. The molecule has 1 N–H and O–H groups in total. The van der Waals surface area contributed by atoms with E-state index in [1.54, 1.807) is 38.7 Å². The first kappa shape index (κ1) is 25.4. The maximum Gasteiger partial charge on any atom is 0.243 e. The van der Waals surface area contributed by atoms with Crippen molar-refractivity contribution in [1.82, 2.24) is 18.8 Å².